The Morgan fingerprint density at radius 3 is 2.69 bits per heavy atom. The fraction of sp³-hybridized carbons (Fsp3) is 0.333. The van der Waals surface area contributed by atoms with Crippen LogP contribution in [-0.4, -0.2) is 16.1 Å². The van der Waals surface area contributed by atoms with Gasteiger partial charge in [-0.15, -0.1) is 0 Å². The first-order valence-electron chi connectivity index (χ1n) is 4.29. The Balaban J connectivity index is 3.20. The average molecular weight is 295 g/mol. The SMILES string of the molecule is Nc1nc(CC(=O)O)cc(CBr)c1C(F)F. The molecule has 1 aromatic heterocycles. The maximum atomic E-state index is 12.6. The summed E-state index contributed by atoms with van der Waals surface area (Å²) in [6, 6.07) is 1.32. The van der Waals surface area contributed by atoms with Gasteiger partial charge in [-0.3, -0.25) is 4.79 Å². The zero-order valence-electron chi connectivity index (χ0n) is 8.08. The van der Waals surface area contributed by atoms with Crippen molar-refractivity contribution < 1.29 is 18.7 Å². The van der Waals surface area contributed by atoms with E-state index < -0.39 is 12.4 Å². The smallest absolute Gasteiger partial charge is 0.309 e. The predicted octanol–water partition coefficient (Wildman–Crippen LogP) is 2.12. The summed E-state index contributed by atoms with van der Waals surface area (Å²) in [4.78, 5) is 14.1. The van der Waals surface area contributed by atoms with Crippen LogP contribution in [0.1, 0.15) is 23.2 Å². The lowest BCUT2D eigenvalue weighted by atomic mass is 10.1. The number of hydrogen-bond acceptors (Lipinski definition) is 3. The summed E-state index contributed by atoms with van der Waals surface area (Å²) in [7, 11) is 0. The largest absolute Gasteiger partial charge is 0.481 e. The van der Waals surface area contributed by atoms with Gasteiger partial charge in [-0.05, 0) is 11.6 Å². The van der Waals surface area contributed by atoms with Gasteiger partial charge in [0.15, 0.2) is 0 Å². The van der Waals surface area contributed by atoms with E-state index in [0.717, 1.165) is 0 Å². The van der Waals surface area contributed by atoms with Crippen molar-refractivity contribution in [3.05, 3.63) is 22.9 Å². The maximum absolute atomic E-state index is 12.6. The Hall–Kier alpha value is -1.24. The maximum Gasteiger partial charge on any atom is 0.309 e. The molecule has 4 nitrogen and oxygen atoms in total. The Kier molecular flexibility index (Phi) is 4.17. The first-order valence-corrected chi connectivity index (χ1v) is 5.42. The Morgan fingerprint density at radius 1 is 1.62 bits per heavy atom. The van der Waals surface area contributed by atoms with Gasteiger partial charge in [0.1, 0.15) is 5.82 Å². The minimum absolute atomic E-state index is 0.170. The zero-order valence-corrected chi connectivity index (χ0v) is 9.67. The molecular weight excluding hydrogens is 286 g/mol. The van der Waals surface area contributed by atoms with Crippen molar-refractivity contribution in [2.45, 2.75) is 18.2 Å². The van der Waals surface area contributed by atoms with E-state index in [2.05, 4.69) is 20.9 Å². The highest BCUT2D eigenvalue weighted by molar-refractivity contribution is 9.08. The second kappa shape index (κ2) is 5.20. The third kappa shape index (κ3) is 2.88. The number of nitrogen functional groups attached to an aromatic ring is 1. The average Bonchev–Trinajstić information content (AvgIpc) is 2.14. The van der Waals surface area contributed by atoms with Crippen molar-refractivity contribution in [3.63, 3.8) is 0 Å². The number of aliphatic carboxylic acids is 1. The van der Waals surface area contributed by atoms with Crippen LogP contribution in [0.3, 0.4) is 0 Å². The fourth-order valence-corrected chi connectivity index (χ4v) is 1.76. The molecule has 16 heavy (non-hydrogen) atoms. The molecule has 0 unspecified atom stereocenters. The van der Waals surface area contributed by atoms with Gasteiger partial charge in [0.25, 0.3) is 6.43 Å². The quantitative estimate of drug-likeness (QED) is 0.834. The molecule has 0 aliphatic rings. The predicted molar refractivity (Wildman–Crippen MR) is 57.6 cm³/mol. The van der Waals surface area contributed by atoms with E-state index in [-0.39, 0.29) is 34.4 Å². The molecule has 0 fully saturated rings. The normalized spacial score (nSPS) is 10.8. The number of carboxylic acids is 1. The number of hydrogen-bond donors (Lipinski definition) is 2. The number of rotatable bonds is 4. The van der Waals surface area contributed by atoms with Crippen molar-refractivity contribution in [2.75, 3.05) is 5.73 Å². The van der Waals surface area contributed by atoms with Crippen molar-refractivity contribution in [2.24, 2.45) is 0 Å². The second-order valence-corrected chi connectivity index (χ2v) is 3.64. The Morgan fingerprint density at radius 2 is 2.25 bits per heavy atom. The van der Waals surface area contributed by atoms with Crippen LogP contribution in [0.25, 0.3) is 0 Å². The highest BCUT2D eigenvalue weighted by Crippen LogP contribution is 2.29. The molecule has 7 heteroatoms. The van der Waals surface area contributed by atoms with Gasteiger partial charge < -0.3 is 10.8 Å². The topological polar surface area (TPSA) is 76.2 Å². The van der Waals surface area contributed by atoms with Gasteiger partial charge in [-0.1, -0.05) is 15.9 Å². The van der Waals surface area contributed by atoms with Crippen LogP contribution in [0.5, 0.6) is 0 Å². The van der Waals surface area contributed by atoms with Crippen molar-refractivity contribution in [3.8, 4) is 0 Å². The van der Waals surface area contributed by atoms with Crippen LogP contribution < -0.4 is 5.73 Å². The standard InChI is InChI=1S/C9H9BrF2N2O2/c10-3-4-1-5(2-6(15)16)14-9(13)7(4)8(11)12/h1,8H,2-3H2,(H2,13,14)(H,15,16). The number of aromatic nitrogens is 1. The van der Waals surface area contributed by atoms with Crippen LogP contribution in [0, 0.1) is 0 Å². The third-order valence-corrected chi connectivity index (χ3v) is 2.53. The summed E-state index contributed by atoms with van der Waals surface area (Å²) in [6.45, 7) is 0. The van der Waals surface area contributed by atoms with E-state index in [1.165, 1.54) is 6.07 Å². The number of alkyl halides is 3. The minimum atomic E-state index is -2.72. The summed E-state index contributed by atoms with van der Waals surface area (Å²) in [5.74, 6) is -1.40. The lowest BCUT2D eigenvalue weighted by molar-refractivity contribution is -0.136. The van der Waals surface area contributed by atoms with Crippen LogP contribution >= 0.6 is 15.9 Å². The van der Waals surface area contributed by atoms with E-state index in [1.807, 2.05) is 0 Å². The molecule has 3 N–H and O–H groups in total. The summed E-state index contributed by atoms with van der Waals surface area (Å²) in [6.07, 6.45) is -3.06. The Labute approximate surface area is 98.6 Å². The van der Waals surface area contributed by atoms with Gasteiger partial charge in [0.05, 0.1) is 17.7 Å². The molecule has 0 radical (unpaired) electrons. The molecule has 1 aromatic rings. The van der Waals surface area contributed by atoms with Crippen LogP contribution in [0.15, 0.2) is 6.07 Å². The van der Waals surface area contributed by atoms with E-state index >= 15 is 0 Å². The molecule has 0 saturated heterocycles. The van der Waals surface area contributed by atoms with Crippen LogP contribution in [0.2, 0.25) is 0 Å². The highest BCUT2D eigenvalue weighted by Gasteiger charge is 2.19. The Bertz CT molecular complexity index is 413. The number of carbonyl (C=O) groups is 1. The van der Waals surface area contributed by atoms with E-state index in [0.29, 0.717) is 0 Å². The van der Waals surface area contributed by atoms with Crippen molar-refractivity contribution in [1.82, 2.24) is 4.98 Å². The molecule has 0 amide bonds. The first-order chi connectivity index (χ1) is 7.45. The van der Waals surface area contributed by atoms with Gasteiger partial charge in [-0.25, -0.2) is 13.8 Å². The summed E-state index contributed by atoms with van der Waals surface area (Å²) in [5, 5.41) is 8.73. The number of anilines is 1. The summed E-state index contributed by atoms with van der Waals surface area (Å²) < 4.78 is 25.2. The molecular formula is C9H9BrF2N2O2. The van der Waals surface area contributed by atoms with Gasteiger partial charge in [-0.2, -0.15) is 0 Å². The van der Waals surface area contributed by atoms with E-state index in [4.69, 9.17) is 10.8 Å². The highest BCUT2D eigenvalue weighted by atomic mass is 79.9. The first kappa shape index (κ1) is 12.8. The lowest BCUT2D eigenvalue weighted by Crippen LogP contribution is -2.09. The van der Waals surface area contributed by atoms with Crippen LogP contribution in [-0.2, 0) is 16.5 Å². The molecule has 1 heterocycles. The number of halogens is 3. The van der Waals surface area contributed by atoms with Crippen LogP contribution in [0.4, 0.5) is 14.6 Å². The molecule has 0 atom stereocenters. The monoisotopic (exact) mass is 294 g/mol. The molecule has 0 spiro atoms. The summed E-state index contributed by atoms with van der Waals surface area (Å²) >= 11 is 3.05. The molecule has 0 saturated carbocycles. The second-order valence-electron chi connectivity index (χ2n) is 3.08. The number of pyridine rings is 1. The number of nitrogens with zero attached hydrogens (tertiary/aromatic N) is 1. The van der Waals surface area contributed by atoms with E-state index in [9.17, 15) is 13.6 Å². The molecule has 1 rings (SSSR count). The minimum Gasteiger partial charge on any atom is -0.481 e. The van der Waals surface area contributed by atoms with E-state index in [1.54, 1.807) is 0 Å². The van der Waals surface area contributed by atoms with Crippen molar-refractivity contribution in [1.29, 1.82) is 0 Å². The zero-order chi connectivity index (χ0) is 12.3. The molecule has 0 aliphatic heterocycles. The molecule has 88 valence electrons. The van der Waals surface area contributed by atoms with Gasteiger partial charge in [0.2, 0.25) is 0 Å². The third-order valence-electron chi connectivity index (χ3n) is 1.92. The number of nitrogens with two attached hydrogens (primary N) is 1. The molecule has 0 bridgehead atoms. The van der Waals surface area contributed by atoms with Crippen molar-refractivity contribution >= 4 is 27.7 Å². The molecule has 0 aliphatic carbocycles. The fourth-order valence-electron chi connectivity index (χ4n) is 1.30. The number of carboxylic acid groups (broad SMARTS) is 1. The lowest BCUT2D eigenvalue weighted by Gasteiger charge is -2.10. The van der Waals surface area contributed by atoms with Gasteiger partial charge in [0, 0.05) is 5.33 Å². The molecule has 0 aromatic carbocycles. The van der Waals surface area contributed by atoms with Gasteiger partial charge >= 0.3 is 5.97 Å². The summed E-state index contributed by atoms with van der Waals surface area (Å²) in [5.41, 5.74) is 5.46.